The maximum absolute atomic E-state index is 5.93. The zero-order valence-corrected chi connectivity index (χ0v) is 9.15. The van der Waals surface area contributed by atoms with E-state index in [4.69, 9.17) is 21.1 Å². The molecule has 0 radical (unpaired) electrons. The number of halogens is 1. The van der Waals surface area contributed by atoms with E-state index in [2.05, 4.69) is 10.2 Å². The average molecular weight is 235 g/mol. The van der Waals surface area contributed by atoms with Gasteiger partial charge in [0.05, 0.1) is 6.20 Å². The summed E-state index contributed by atoms with van der Waals surface area (Å²) in [4.78, 5) is 0. The average Bonchev–Trinajstić information content (AvgIpc) is 2.27. The van der Waals surface area contributed by atoms with Gasteiger partial charge in [0.15, 0.2) is 11.5 Å². The molecule has 80 valence electrons. The molecule has 2 heterocycles. The Morgan fingerprint density at radius 3 is 2.94 bits per heavy atom. The fourth-order valence-electron chi connectivity index (χ4n) is 1.49. The van der Waals surface area contributed by atoms with Gasteiger partial charge in [-0.15, -0.1) is 5.10 Å². The van der Waals surface area contributed by atoms with Crippen LogP contribution in [0.2, 0.25) is 5.02 Å². The highest BCUT2D eigenvalue weighted by molar-refractivity contribution is 6.32. The zero-order valence-electron chi connectivity index (χ0n) is 8.40. The largest absolute Gasteiger partial charge is 0.446 e. The fraction of sp³-hybridized carbons (Fsp3) is 0.0909. The molecule has 0 bridgehead atoms. The Bertz CT molecular complexity index is 572. The Hall–Kier alpha value is -1.81. The molecular formula is C11H7ClN2O2. The van der Waals surface area contributed by atoms with Crippen molar-refractivity contribution in [3.63, 3.8) is 0 Å². The van der Waals surface area contributed by atoms with Crippen molar-refractivity contribution >= 4 is 11.6 Å². The molecule has 1 aliphatic heterocycles. The van der Waals surface area contributed by atoms with Crippen molar-refractivity contribution in [3.8, 4) is 23.1 Å². The molecule has 0 spiro atoms. The van der Waals surface area contributed by atoms with Gasteiger partial charge in [0, 0.05) is 0 Å². The lowest BCUT2D eigenvalue weighted by atomic mass is 10.2. The van der Waals surface area contributed by atoms with Crippen LogP contribution in [-0.4, -0.2) is 10.2 Å². The minimum atomic E-state index is 0.297. The van der Waals surface area contributed by atoms with Crippen LogP contribution in [0.5, 0.6) is 23.1 Å². The SMILES string of the molecule is Cc1ccc2c(c1)Oc1nncc(Cl)c1O2. The van der Waals surface area contributed by atoms with E-state index in [1.165, 1.54) is 6.20 Å². The van der Waals surface area contributed by atoms with Gasteiger partial charge in [0.1, 0.15) is 5.02 Å². The van der Waals surface area contributed by atoms with Crippen LogP contribution in [0.1, 0.15) is 5.56 Å². The van der Waals surface area contributed by atoms with Crippen LogP contribution in [0.4, 0.5) is 0 Å². The molecule has 1 aromatic heterocycles. The topological polar surface area (TPSA) is 44.2 Å². The van der Waals surface area contributed by atoms with Gasteiger partial charge in [-0.3, -0.25) is 0 Å². The summed E-state index contributed by atoms with van der Waals surface area (Å²) in [7, 11) is 0. The van der Waals surface area contributed by atoms with Gasteiger partial charge in [0.2, 0.25) is 5.75 Å². The molecule has 4 nitrogen and oxygen atoms in total. The fourth-order valence-corrected chi connectivity index (χ4v) is 1.65. The minimum absolute atomic E-state index is 0.297. The third kappa shape index (κ3) is 1.39. The molecule has 0 saturated heterocycles. The summed E-state index contributed by atoms with van der Waals surface area (Å²) in [5.74, 6) is 1.97. The van der Waals surface area contributed by atoms with Gasteiger partial charge in [0.25, 0.3) is 5.88 Å². The molecule has 1 aromatic carbocycles. The first kappa shape index (κ1) is 9.42. The van der Waals surface area contributed by atoms with Gasteiger partial charge >= 0.3 is 0 Å². The lowest BCUT2D eigenvalue weighted by Gasteiger charge is -2.19. The molecule has 0 amide bonds. The quantitative estimate of drug-likeness (QED) is 0.598. The predicted molar refractivity (Wildman–Crippen MR) is 58.4 cm³/mol. The molecule has 16 heavy (non-hydrogen) atoms. The summed E-state index contributed by atoms with van der Waals surface area (Å²) >= 11 is 5.93. The van der Waals surface area contributed by atoms with Crippen LogP contribution < -0.4 is 9.47 Å². The van der Waals surface area contributed by atoms with Crippen LogP contribution in [0, 0.1) is 6.92 Å². The highest BCUT2D eigenvalue weighted by Crippen LogP contribution is 2.46. The second-order valence-corrected chi connectivity index (χ2v) is 3.89. The second-order valence-electron chi connectivity index (χ2n) is 3.48. The number of fused-ring (bicyclic) bond motifs is 2. The van der Waals surface area contributed by atoms with Crippen molar-refractivity contribution in [2.45, 2.75) is 6.92 Å². The molecule has 0 unspecified atom stereocenters. The van der Waals surface area contributed by atoms with Crippen molar-refractivity contribution in [1.82, 2.24) is 10.2 Å². The third-order valence-corrected chi connectivity index (χ3v) is 2.52. The van der Waals surface area contributed by atoms with Crippen LogP contribution in [0.25, 0.3) is 0 Å². The normalized spacial score (nSPS) is 12.1. The third-order valence-electron chi connectivity index (χ3n) is 2.25. The number of nitrogens with zero attached hydrogens (tertiary/aromatic N) is 2. The van der Waals surface area contributed by atoms with E-state index in [-0.39, 0.29) is 0 Å². The lowest BCUT2D eigenvalue weighted by molar-refractivity contribution is 0.343. The Kier molecular flexibility index (Phi) is 1.97. The van der Waals surface area contributed by atoms with Crippen LogP contribution in [0.15, 0.2) is 24.4 Å². The van der Waals surface area contributed by atoms with E-state index >= 15 is 0 Å². The Balaban J connectivity index is 2.13. The summed E-state index contributed by atoms with van der Waals surface area (Å²) in [6.45, 7) is 1.98. The monoisotopic (exact) mass is 234 g/mol. The molecule has 1 aliphatic rings. The number of hydrogen-bond acceptors (Lipinski definition) is 4. The highest BCUT2D eigenvalue weighted by atomic mass is 35.5. The Morgan fingerprint density at radius 2 is 2.06 bits per heavy atom. The first-order valence-corrected chi connectivity index (χ1v) is 5.09. The van der Waals surface area contributed by atoms with Crippen LogP contribution >= 0.6 is 11.6 Å². The number of rotatable bonds is 0. The molecule has 0 atom stereocenters. The van der Waals surface area contributed by atoms with Gasteiger partial charge in [-0.1, -0.05) is 17.7 Å². The number of aryl methyl sites for hydroxylation is 1. The standard InChI is InChI=1S/C11H7ClN2O2/c1-6-2-3-8-9(4-6)16-11-10(15-8)7(12)5-13-14-11/h2-5H,1H3. The molecule has 0 saturated carbocycles. The van der Waals surface area contributed by atoms with Gasteiger partial charge in [-0.05, 0) is 24.6 Å². The summed E-state index contributed by atoms with van der Waals surface area (Å²) in [5.41, 5.74) is 1.08. The molecule has 5 heteroatoms. The Morgan fingerprint density at radius 1 is 1.19 bits per heavy atom. The molecule has 2 aromatic rings. The lowest BCUT2D eigenvalue weighted by Crippen LogP contribution is -2.02. The van der Waals surface area contributed by atoms with E-state index in [1.807, 2.05) is 25.1 Å². The van der Waals surface area contributed by atoms with Crippen LogP contribution in [-0.2, 0) is 0 Å². The molecular weight excluding hydrogens is 228 g/mol. The molecule has 0 aliphatic carbocycles. The van der Waals surface area contributed by atoms with E-state index < -0.39 is 0 Å². The first-order chi connectivity index (χ1) is 7.74. The van der Waals surface area contributed by atoms with E-state index in [0.717, 1.165) is 5.56 Å². The van der Waals surface area contributed by atoms with E-state index in [0.29, 0.717) is 28.2 Å². The smallest absolute Gasteiger partial charge is 0.284 e. The van der Waals surface area contributed by atoms with Gasteiger partial charge in [-0.2, -0.15) is 5.10 Å². The predicted octanol–water partition coefficient (Wildman–Crippen LogP) is 3.34. The maximum atomic E-state index is 5.93. The van der Waals surface area contributed by atoms with Crippen molar-refractivity contribution in [2.75, 3.05) is 0 Å². The molecule has 3 rings (SSSR count). The molecule has 0 fully saturated rings. The number of ether oxygens (including phenoxy) is 2. The van der Waals surface area contributed by atoms with E-state index in [9.17, 15) is 0 Å². The maximum Gasteiger partial charge on any atom is 0.284 e. The molecule has 0 N–H and O–H groups in total. The number of hydrogen-bond donors (Lipinski definition) is 0. The summed E-state index contributed by atoms with van der Waals surface area (Å²) in [5, 5.41) is 7.92. The zero-order chi connectivity index (χ0) is 11.1. The van der Waals surface area contributed by atoms with Gasteiger partial charge < -0.3 is 9.47 Å². The van der Waals surface area contributed by atoms with Gasteiger partial charge in [-0.25, -0.2) is 0 Å². The van der Waals surface area contributed by atoms with Crippen molar-refractivity contribution in [2.24, 2.45) is 0 Å². The number of benzene rings is 1. The first-order valence-electron chi connectivity index (χ1n) is 4.71. The number of aromatic nitrogens is 2. The van der Waals surface area contributed by atoms with Crippen molar-refractivity contribution in [1.29, 1.82) is 0 Å². The second kappa shape index (κ2) is 3.35. The summed E-state index contributed by atoms with van der Waals surface area (Å²) in [6.07, 6.45) is 1.42. The summed E-state index contributed by atoms with van der Waals surface area (Å²) in [6, 6.07) is 5.65. The van der Waals surface area contributed by atoms with Crippen molar-refractivity contribution in [3.05, 3.63) is 35.0 Å². The van der Waals surface area contributed by atoms with E-state index in [1.54, 1.807) is 0 Å². The van der Waals surface area contributed by atoms with Crippen molar-refractivity contribution < 1.29 is 9.47 Å². The Labute approximate surface area is 96.8 Å². The summed E-state index contributed by atoms with van der Waals surface area (Å²) < 4.78 is 11.2. The van der Waals surface area contributed by atoms with Crippen LogP contribution in [0.3, 0.4) is 0 Å². The minimum Gasteiger partial charge on any atom is -0.446 e. The highest BCUT2D eigenvalue weighted by Gasteiger charge is 2.22.